The van der Waals surface area contributed by atoms with Gasteiger partial charge in [0.15, 0.2) is 0 Å². The topological polar surface area (TPSA) is 68.0 Å². The molecule has 1 amide bonds. The maximum atomic E-state index is 12.2. The minimum Gasteiger partial charge on any atom is -0.415 e. The van der Waals surface area contributed by atoms with Crippen LogP contribution >= 0.6 is 23.5 Å². The molecule has 1 heterocycles. The maximum absolute atomic E-state index is 12.2. The van der Waals surface area contributed by atoms with Gasteiger partial charge in [-0.15, -0.1) is 10.2 Å². The number of nitrogens with zero attached hydrogens (tertiary/aromatic N) is 2. The van der Waals surface area contributed by atoms with E-state index in [1.165, 1.54) is 11.8 Å². The Kier molecular flexibility index (Phi) is 5.69. The van der Waals surface area contributed by atoms with E-state index in [1.807, 2.05) is 44.4 Å². The van der Waals surface area contributed by atoms with E-state index < -0.39 is 0 Å². The van der Waals surface area contributed by atoms with Gasteiger partial charge in [-0.1, -0.05) is 30.0 Å². The van der Waals surface area contributed by atoms with Crippen molar-refractivity contribution in [3.63, 3.8) is 0 Å². The highest BCUT2D eigenvalue weighted by Crippen LogP contribution is 2.24. The van der Waals surface area contributed by atoms with Gasteiger partial charge in [0.05, 0.1) is 11.0 Å². The summed E-state index contributed by atoms with van der Waals surface area (Å²) in [6.45, 7) is 3.77. The number of aromatic nitrogens is 2. The lowest BCUT2D eigenvalue weighted by molar-refractivity contribution is -0.115. The van der Waals surface area contributed by atoms with Crippen LogP contribution in [0.3, 0.4) is 0 Å². The molecular formula is C14H17N3O2S2. The molecule has 0 saturated carbocycles. The summed E-state index contributed by atoms with van der Waals surface area (Å²) >= 11 is 2.87. The summed E-state index contributed by atoms with van der Waals surface area (Å²) in [5.74, 6) is 1.17. The average molecular weight is 323 g/mol. The molecule has 1 atom stereocenters. The molecule has 0 spiro atoms. The summed E-state index contributed by atoms with van der Waals surface area (Å²) in [5.41, 5.74) is 1.85. The molecule has 5 nitrogen and oxygen atoms in total. The van der Waals surface area contributed by atoms with Crippen LogP contribution in [0.4, 0.5) is 5.69 Å². The van der Waals surface area contributed by atoms with Crippen LogP contribution in [-0.4, -0.2) is 27.6 Å². The van der Waals surface area contributed by atoms with Crippen LogP contribution in [0.15, 0.2) is 33.9 Å². The van der Waals surface area contributed by atoms with E-state index in [4.69, 9.17) is 4.42 Å². The van der Waals surface area contributed by atoms with Gasteiger partial charge in [0.1, 0.15) is 0 Å². The summed E-state index contributed by atoms with van der Waals surface area (Å²) in [6, 6.07) is 7.68. The number of benzene rings is 1. The number of para-hydroxylation sites is 1. The standard InChI is InChI=1S/C14H17N3O2S2/c1-9-6-4-5-7-11(9)15-13(18)10(2)21-14-17-16-12(19-14)8-20-3/h4-7,10H,8H2,1-3H3,(H,15,18). The van der Waals surface area contributed by atoms with Crippen LogP contribution in [0, 0.1) is 6.92 Å². The van der Waals surface area contributed by atoms with E-state index in [9.17, 15) is 4.79 Å². The van der Waals surface area contributed by atoms with Crippen LogP contribution in [-0.2, 0) is 10.5 Å². The largest absolute Gasteiger partial charge is 0.415 e. The molecule has 2 aromatic rings. The van der Waals surface area contributed by atoms with Crippen molar-refractivity contribution in [3.8, 4) is 0 Å². The van der Waals surface area contributed by atoms with Gasteiger partial charge < -0.3 is 9.73 Å². The molecule has 0 aliphatic rings. The molecule has 0 aliphatic carbocycles. The third-order valence-corrected chi connectivity index (χ3v) is 4.24. The van der Waals surface area contributed by atoms with Crippen molar-refractivity contribution in [1.29, 1.82) is 0 Å². The first-order chi connectivity index (χ1) is 10.1. The van der Waals surface area contributed by atoms with Gasteiger partial charge in [-0.2, -0.15) is 11.8 Å². The number of rotatable bonds is 6. The van der Waals surface area contributed by atoms with E-state index in [2.05, 4.69) is 15.5 Å². The van der Waals surface area contributed by atoms with E-state index in [0.717, 1.165) is 11.3 Å². The van der Waals surface area contributed by atoms with Crippen LogP contribution < -0.4 is 5.32 Å². The Morgan fingerprint density at radius 3 is 2.86 bits per heavy atom. The van der Waals surface area contributed by atoms with Crippen LogP contribution in [0.1, 0.15) is 18.4 Å². The fourth-order valence-electron chi connectivity index (χ4n) is 1.62. The Morgan fingerprint density at radius 1 is 1.38 bits per heavy atom. The Morgan fingerprint density at radius 2 is 2.14 bits per heavy atom. The highest BCUT2D eigenvalue weighted by molar-refractivity contribution is 8.00. The Balaban J connectivity index is 1.94. The van der Waals surface area contributed by atoms with E-state index in [-0.39, 0.29) is 11.2 Å². The minimum absolute atomic E-state index is 0.0843. The van der Waals surface area contributed by atoms with Gasteiger partial charge in [0.25, 0.3) is 5.22 Å². The molecule has 0 aliphatic heterocycles. The van der Waals surface area contributed by atoms with Gasteiger partial charge >= 0.3 is 0 Å². The van der Waals surface area contributed by atoms with Crippen molar-refractivity contribution in [2.75, 3.05) is 11.6 Å². The molecule has 0 saturated heterocycles. The molecule has 21 heavy (non-hydrogen) atoms. The molecular weight excluding hydrogens is 306 g/mol. The number of hydrogen-bond donors (Lipinski definition) is 1. The van der Waals surface area contributed by atoms with Crippen molar-refractivity contribution in [2.45, 2.75) is 30.1 Å². The van der Waals surface area contributed by atoms with Gasteiger partial charge in [0, 0.05) is 5.69 Å². The molecule has 1 unspecified atom stereocenters. The fraction of sp³-hybridized carbons (Fsp3) is 0.357. The Hall–Kier alpha value is -1.47. The van der Waals surface area contributed by atoms with Crippen molar-refractivity contribution in [3.05, 3.63) is 35.7 Å². The van der Waals surface area contributed by atoms with E-state index >= 15 is 0 Å². The first kappa shape index (κ1) is 15.9. The van der Waals surface area contributed by atoms with E-state index in [0.29, 0.717) is 16.9 Å². The summed E-state index contributed by atoms with van der Waals surface area (Å²) in [6.07, 6.45) is 1.97. The molecule has 1 aromatic carbocycles. The molecule has 0 fully saturated rings. The molecule has 7 heteroatoms. The predicted molar refractivity (Wildman–Crippen MR) is 86.6 cm³/mol. The number of aryl methyl sites for hydroxylation is 1. The first-order valence-electron chi connectivity index (χ1n) is 6.44. The van der Waals surface area contributed by atoms with E-state index in [1.54, 1.807) is 11.8 Å². The highest BCUT2D eigenvalue weighted by atomic mass is 32.2. The maximum Gasteiger partial charge on any atom is 0.277 e. The monoisotopic (exact) mass is 323 g/mol. The second kappa shape index (κ2) is 7.51. The zero-order chi connectivity index (χ0) is 15.2. The molecule has 2 rings (SSSR count). The zero-order valence-corrected chi connectivity index (χ0v) is 13.8. The van der Waals surface area contributed by atoms with Crippen molar-refractivity contribution in [1.82, 2.24) is 10.2 Å². The van der Waals surface area contributed by atoms with Crippen molar-refractivity contribution in [2.24, 2.45) is 0 Å². The molecule has 1 aromatic heterocycles. The summed E-state index contributed by atoms with van der Waals surface area (Å²) in [7, 11) is 0. The molecule has 1 N–H and O–H groups in total. The number of thioether (sulfide) groups is 2. The third kappa shape index (κ3) is 4.50. The van der Waals surface area contributed by atoms with Crippen molar-refractivity contribution < 1.29 is 9.21 Å². The SMILES string of the molecule is CSCc1nnc(SC(C)C(=O)Nc2ccccc2C)o1. The molecule has 0 bridgehead atoms. The number of hydrogen-bond acceptors (Lipinski definition) is 6. The average Bonchev–Trinajstić information content (AvgIpc) is 2.89. The predicted octanol–water partition coefficient (Wildman–Crippen LogP) is 3.36. The lowest BCUT2D eigenvalue weighted by Crippen LogP contribution is -2.22. The normalized spacial score (nSPS) is 12.1. The Labute approximate surface area is 132 Å². The van der Waals surface area contributed by atoms with Gasteiger partial charge in [-0.3, -0.25) is 4.79 Å². The highest BCUT2D eigenvalue weighted by Gasteiger charge is 2.18. The third-order valence-electron chi connectivity index (χ3n) is 2.77. The second-order valence-electron chi connectivity index (χ2n) is 4.46. The Bertz CT molecular complexity index is 616. The first-order valence-corrected chi connectivity index (χ1v) is 8.72. The summed E-state index contributed by atoms with van der Waals surface area (Å²) in [4.78, 5) is 12.2. The van der Waals surface area contributed by atoms with Gasteiger partial charge in [-0.05, 0) is 31.7 Å². The lowest BCUT2D eigenvalue weighted by Gasteiger charge is -2.11. The van der Waals surface area contributed by atoms with Crippen molar-refractivity contribution >= 4 is 35.1 Å². The van der Waals surface area contributed by atoms with Crippen LogP contribution in [0.2, 0.25) is 0 Å². The number of amides is 1. The number of anilines is 1. The quantitative estimate of drug-likeness (QED) is 0.822. The molecule has 112 valence electrons. The zero-order valence-electron chi connectivity index (χ0n) is 12.1. The molecule has 0 radical (unpaired) electrons. The number of carbonyl (C=O) groups is 1. The van der Waals surface area contributed by atoms with Gasteiger partial charge in [0.2, 0.25) is 11.8 Å². The summed E-state index contributed by atoms with van der Waals surface area (Å²) < 4.78 is 5.46. The smallest absolute Gasteiger partial charge is 0.277 e. The summed E-state index contributed by atoms with van der Waals surface area (Å²) in [5, 5.41) is 10.9. The van der Waals surface area contributed by atoms with Crippen LogP contribution in [0.25, 0.3) is 0 Å². The van der Waals surface area contributed by atoms with Crippen LogP contribution in [0.5, 0.6) is 0 Å². The van der Waals surface area contributed by atoms with Gasteiger partial charge in [-0.25, -0.2) is 0 Å². The number of nitrogens with one attached hydrogen (secondary N) is 1. The lowest BCUT2D eigenvalue weighted by atomic mass is 10.2. The minimum atomic E-state index is -0.313. The fourth-order valence-corrected chi connectivity index (χ4v) is 2.68. The number of carbonyl (C=O) groups excluding carboxylic acids is 1. The second-order valence-corrected chi connectivity index (χ2v) is 6.62.